The Bertz CT molecular complexity index is 675. The summed E-state index contributed by atoms with van der Waals surface area (Å²) >= 11 is 0. The van der Waals surface area contributed by atoms with Gasteiger partial charge >= 0.3 is 0 Å². The smallest absolute Gasteiger partial charge is 0.262 e. The Morgan fingerprint density at radius 1 is 1.00 bits per heavy atom. The Labute approximate surface area is 142 Å². The normalized spacial score (nSPS) is 10.4. The third-order valence-corrected chi connectivity index (χ3v) is 3.59. The van der Waals surface area contributed by atoms with Crippen molar-refractivity contribution in [3.8, 4) is 17.2 Å². The molecule has 0 unspecified atom stereocenters. The highest BCUT2D eigenvalue weighted by Gasteiger charge is 2.14. The predicted molar refractivity (Wildman–Crippen MR) is 94.2 cm³/mol. The van der Waals surface area contributed by atoms with Gasteiger partial charge in [-0.3, -0.25) is 4.79 Å². The Morgan fingerprint density at radius 2 is 1.62 bits per heavy atom. The van der Waals surface area contributed by atoms with Gasteiger partial charge in [0.1, 0.15) is 0 Å². The molecule has 0 aliphatic rings. The van der Waals surface area contributed by atoms with E-state index in [1.807, 2.05) is 24.3 Å². The average molecular weight is 329 g/mol. The van der Waals surface area contributed by atoms with Crippen molar-refractivity contribution in [2.24, 2.45) is 0 Å². The summed E-state index contributed by atoms with van der Waals surface area (Å²) in [5, 5.41) is 2.89. The quantitative estimate of drug-likeness (QED) is 0.838. The molecule has 128 valence electrons. The second-order valence-corrected chi connectivity index (χ2v) is 5.57. The Kier molecular flexibility index (Phi) is 6.07. The van der Waals surface area contributed by atoms with E-state index in [-0.39, 0.29) is 12.5 Å². The van der Waals surface area contributed by atoms with Crippen molar-refractivity contribution in [3.05, 3.63) is 48.0 Å². The summed E-state index contributed by atoms with van der Waals surface area (Å²) in [5.41, 5.74) is 1.88. The highest BCUT2D eigenvalue weighted by molar-refractivity contribution is 5.92. The lowest BCUT2D eigenvalue weighted by molar-refractivity contribution is -0.118. The molecule has 24 heavy (non-hydrogen) atoms. The monoisotopic (exact) mass is 329 g/mol. The van der Waals surface area contributed by atoms with Gasteiger partial charge < -0.3 is 19.5 Å². The highest BCUT2D eigenvalue weighted by Crippen LogP contribution is 2.36. The molecular weight excluding hydrogens is 306 g/mol. The van der Waals surface area contributed by atoms with Crippen molar-refractivity contribution in [1.82, 2.24) is 0 Å². The highest BCUT2D eigenvalue weighted by atomic mass is 16.5. The molecule has 2 rings (SSSR count). The maximum Gasteiger partial charge on any atom is 0.262 e. The number of methoxy groups -OCH3 is 2. The molecule has 0 aromatic heterocycles. The number of hydrogen-bond acceptors (Lipinski definition) is 4. The number of nitrogens with one attached hydrogen (secondary N) is 1. The summed E-state index contributed by atoms with van der Waals surface area (Å²) in [7, 11) is 3.08. The van der Waals surface area contributed by atoms with E-state index in [1.54, 1.807) is 32.4 Å². The van der Waals surface area contributed by atoms with Crippen molar-refractivity contribution in [2.75, 3.05) is 26.1 Å². The molecule has 0 saturated carbocycles. The predicted octanol–water partition coefficient (Wildman–Crippen LogP) is 3.84. The van der Waals surface area contributed by atoms with Crippen molar-refractivity contribution in [3.63, 3.8) is 0 Å². The van der Waals surface area contributed by atoms with Crippen molar-refractivity contribution < 1.29 is 19.0 Å². The standard InChI is InChI=1S/C19H23NO4/c1-13(2)14-8-5-6-9-15(14)20-18(21)12-24-19-16(22-3)10-7-11-17(19)23-4/h5-11,13H,12H2,1-4H3,(H,20,21). The number of para-hydroxylation sites is 2. The summed E-state index contributed by atoms with van der Waals surface area (Å²) in [4.78, 5) is 12.2. The zero-order chi connectivity index (χ0) is 17.5. The molecule has 5 heteroatoms. The van der Waals surface area contributed by atoms with Gasteiger partial charge in [0.15, 0.2) is 18.1 Å². The fraction of sp³-hybridized carbons (Fsp3) is 0.316. The number of rotatable bonds is 7. The van der Waals surface area contributed by atoms with Gasteiger partial charge in [0, 0.05) is 5.69 Å². The fourth-order valence-corrected chi connectivity index (χ4v) is 2.40. The average Bonchev–Trinajstić information content (AvgIpc) is 2.59. The van der Waals surface area contributed by atoms with Gasteiger partial charge in [-0.15, -0.1) is 0 Å². The molecule has 0 saturated heterocycles. The molecule has 0 aliphatic carbocycles. The molecule has 1 amide bonds. The van der Waals surface area contributed by atoms with E-state index in [0.717, 1.165) is 11.3 Å². The number of anilines is 1. The first kappa shape index (κ1) is 17.7. The topological polar surface area (TPSA) is 56.8 Å². The lowest BCUT2D eigenvalue weighted by Crippen LogP contribution is -2.21. The van der Waals surface area contributed by atoms with Crippen LogP contribution >= 0.6 is 0 Å². The number of amides is 1. The van der Waals surface area contributed by atoms with E-state index in [4.69, 9.17) is 14.2 Å². The first-order valence-electron chi connectivity index (χ1n) is 7.79. The summed E-state index contributed by atoms with van der Waals surface area (Å²) in [6.07, 6.45) is 0. The maximum absolute atomic E-state index is 12.2. The number of carbonyl (C=O) groups excluding carboxylic acids is 1. The van der Waals surface area contributed by atoms with E-state index in [2.05, 4.69) is 19.2 Å². The second-order valence-electron chi connectivity index (χ2n) is 5.57. The molecule has 0 atom stereocenters. The summed E-state index contributed by atoms with van der Waals surface area (Å²) in [5.74, 6) is 1.53. The van der Waals surface area contributed by atoms with Crippen LogP contribution in [0.2, 0.25) is 0 Å². The van der Waals surface area contributed by atoms with Gasteiger partial charge in [-0.05, 0) is 29.7 Å². The lowest BCUT2D eigenvalue weighted by atomic mass is 10.0. The Hall–Kier alpha value is -2.69. The molecule has 1 N–H and O–H groups in total. The number of hydrogen-bond donors (Lipinski definition) is 1. The van der Waals surface area contributed by atoms with Crippen LogP contribution in [-0.4, -0.2) is 26.7 Å². The van der Waals surface area contributed by atoms with Crippen LogP contribution in [0.1, 0.15) is 25.3 Å². The molecule has 0 aliphatic heterocycles. The van der Waals surface area contributed by atoms with Crippen LogP contribution in [0.4, 0.5) is 5.69 Å². The lowest BCUT2D eigenvalue weighted by Gasteiger charge is -2.16. The number of benzene rings is 2. The molecule has 0 spiro atoms. The zero-order valence-corrected chi connectivity index (χ0v) is 14.5. The molecule has 2 aromatic carbocycles. The second kappa shape index (κ2) is 8.24. The van der Waals surface area contributed by atoms with Gasteiger partial charge in [-0.25, -0.2) is 0 Å². The summed E-state index contributed by atoms with van der Waals surface area (Å²) in [6, 6.07) is 13.0. The minimum absolute atomic E-state index is 0.136. The first-order valence-corrected chi connectivity index (χ1v) is 7.79. The molecule has 0 bridgehead atoms. The Morgan fingerprint density at radius 3 is 2.21 bits per heavy atom. The fourth-order valence-electron chi connectivity index (χ4n) is 2.40. The van der Waals surface area contributed by atoms with Crippen molar-refractivity contribution in [2.45, 2.75) is 19.8 Å². The van der Waals surface area contributed by atoms with Gasteiger partial charge in [-0.2, -0.15) is 0 Å². The van der Waals surface area contributed by atoms with Crippen LogP contribution in [-0.2, 0) is 4.79 Å². The van der Waals surface area contributed by atoms with Crippen LogP contribution in [0.5, 0.6) is 17.2 Å². The van der Waals surface area contributed by atoms with Gasteiger partial charge in [0.25, 0.3) is 5.91 Å². The van der Waals surface area contributed by atoms with Crippen LogP contribution in [0.15, 0.2) is 42.5 Å². The third-order valence-electron chi connectivity index (χ3n) is 3.59. The van der Waals surface area contributed by atoms with Crippen LogP contribution in [0.25, 0.3) is 0 Å². The number of carbonyl (C=O) groups is 1. The first-order chi connectivity index (χ1) is 11.6. The molecule has 0 heterocycles. The SMILES string of the molecule is COc1cccc(OC)c1OCC(=O)Nc1ccccc1C(C)C. The summed E-state index contributed by atoms with van der Waals surface area (Å²) in [6.45, 7) is 4.03. The zero-order valence-electron chi connectivity index (χ0n) is 14.5. The van der Waals surface area contributed by atoms with E-state index < -0.39 is 0 Å². The summed E-state index contributed by atoms with van der Waals surface area (Å²) < 4.78 is 16.1. The van der Waals surface area contributed by atoms with E-state index in [0.29, 0.717) is 23.2 Å². The van der Waals surface area contributed by atoms with Crippen LogP contribution < -0.4 is 19.5 Å². The van der Waals surface area contributed by atoms with Gasteiger partial charge in [0.05, 0.1) is 14.2 Å². The largest absolute Gasteiger partial charge is 0.493 e. The molecule has 5 nitrogen and oxygen atoms in total. The molecule has 2 aromatic rings. The van der Waals surface area contributed by atoms with E-state index in [1.165, 1.54) is 0 Å². The van der Waals surface area contributed by atoms with Gasteiger partial charge in [-0.1, -0.05) is 38.1 Å². The minimum atomic E-state index is -0.240. The van der Waals surface area contributed by atoms with Crippen molar-refractivity contribution in [1.29, 1.82) is 0 Å². The maximum atomic E-state index is 12.2. The molecule has 0 fully saturated rings. The third kappa shape index (κ3) is 4.19. The van der Waals surface area contributed by atoms with Crippen molar-refractivity contribution >= 4 is 11.6 Å². The van der Waals surface area contributed by atoms with Gasteiger partial charge in [0.2, 0.25) is 5.75 Å². The van der Waals surface area contributed by atoms with E-state index in [9.17, 15) is 4.79 Å². The molecule has 0 radical (unpaired) electrons. The van der Waals surface area contributed by atoms with Crippen LogP contribution in [0, 0.1) is 0 Å². The Balaban J connectivity index is 2.07. The molecular formula is C19H23NO4. The van der Waals surface area contributed by atoms with E-state index >= 15 is 0 Å². The minimum Gasteiger partial charge on any atom is -0.493 e. The number of ether oxygens (including phenoxy) is 3. The van der Waals surface area contributed by atoms with Crippen LogP contribution in [0.3, 0.4) is 0 Å².